The molecule has 2 fully saturated rings. The van der Waals surface area contributed by atoms with Crippen molar-refractivity contribution < 1.29 is 41.3 Å². The van der Waals surface area contributed by atoms with E-state index in [2.05, 4.69) is 48.1 Å². The maximum absolute atomic E-state index is 14.0. The van der Waals surface area contributed by atoms with E-state index in [1.54, 1.807) is 21.1 Å². The number of carboxylic acid groups (broad SMARTS) is 1. The van der Waals surface area contributed by atoms with Crippen molar-refractivity contribution in [3.8, 4) is 22.6 Å². The Balaban J connectivity index is 0.000000253. The number of nitrogens with one attached hydrogen (secondary N) is 1. The van der Waals surface area contributed by atoms with Crippen LogP contribution in [0.4, 0.5) is 22.0 Å². The lowest BCUT2D eigenvalue weighted by molar-refractivity contribution is -0.161. The van der Waals surface area contributed by atoms with Crippen LogP contribution >= 0.6 is 0 Å². The van der Waals surface area contributed by atoms with Gasteiger partial charge >= 0.3 is 12.1 Å². The van der Waals surface area contributed by atoms with Crippen LogP contribution in [0.5, 0.6) is 11.5 Å². The third-order valence-electron chi connectivity index (χ3n) is 10.3. The van der Waals surface area contributed by atoms with E-state index < -0.39 is 30.0 Å². The Labute approximate surface area is 297 Å². The van der Waals surface area contributed by atoms with Gasteiger partial charge in [0.1, 0.15) is 11.5 Å². The molecule has 3 aromatic rings. The van der Waals surface area contributed by atoms with Gasteiger partial charge in [0, 0.05) is 37.2 Å². The second-order valence-corrected chi connectivity index (χ2v) is 13.5. The molecule has 7 nitrogen and oxygen atoms in total. The van der Waals surface area contributed by atoms with Gasteiger partial charge in [0.2, 0.25) is 0 Å². The summed E-state index contributed by atoms with van der Waals surface area (Å²) in [5.41, 5.74) is 2.95. The Morgan fingerprint density at radius 3 is 2.22 bits per heavy atom. The van der Waals surface area contributed by atoms with Crippen LogP contribution in [0, 0.1) is 5.41 Å². The van der Waals surface area contributed by atoms with Crippen molar-refractivity contribution in [2.24, 2.45) is 5.41 Å². The second kappa shape index (κ2) is 16.6. The molecule has 0 bridgehead atoms. The Bertz CT molecular complexity index is 1670. The zero-order valence-corrected chi connectivity index (χ0v) is 30.1. The number of aryl methyl sites for hydroxylation is 1. The van der Waals surface area contributed by atoms with Crippen LogP contribution in [0.3, 0.4) is 0 Å². The Hall–Kier alpha value is -3.90. The van der Waals surface area contributed by atoms with Gasteiger partial charge in [-0.25, -0.2) is 8.78 Å². The number of carbonyl (C=O) groups is 1. The Morgan fingerprint density at radius 2 is 1.67 bits per heavy atom. The molecular weight excluding hydrogens is 669 g/mol. The van der Waals surface area contributed by atoms with Gasteiger partial charge < -0.3 is 19.9 Å². The minimum atomic E-state index is -4.30. The molecule has 12 heteroatoms. The number of likely N-dealkylation sites (tertiary alicyclic amines) is 2. The van der Waals surface area contributed by atoms with E-state index in [0.29, 0.717) is 19.0 Å². The summed E-state index contributed by atoms with van der Waals surface area (Å²) in [6, 6.07) is 16.7. The summed E-state index contributed by atoms with van der Waals surface area (Å²) in [6.07, 6.45) is -1.47. The molecule has 51 heavy (non-hydrogen) atoms. The lowest BCUT2D eigenvalue weighted by Crippen LogP contribution is -2.53. The quantitative estimate of drug-likeness (QED) is 0.182. The molecule has 5 rings (SSSR count). The summed E-state index contributed by atoms with van der Waals surface area (Å²) in [7, 11) is 5.57. The van der Waals surface area contributed by atoms with Gasteiger partial charge in [0.05, 0.1) is 31.7 Å². The zero-order valence-electron chi connectivity index (χ0n) is 30.1. The molecular formula is C39H50F5N3O4. The molecule has 2 heterocycles. The van der Waals surface area contributed by atoms with Gasteiger partial charge in [0.25, 0.3) is 5.92 Å². The monoisotopic (exact) mass is 719 g/mol. The van der Waals surface area contributed by atoms with Crippen LogP contribution in [-0.2, 0) is 11.2 Å². The molecule has 1 atom stereocenters. The first-order valence-corrected chi connectivity index (χ1v) is 17.3. The molecule has 2 aliphatic rings. The molecule has 2 N–H and O–H groups in total. The Morgan fingerprint density at radius 1 is 1.00 bits per heavy atom. The zero-order chi connectivity index (χ0) is 37.6. The number of allylic oxidation sites excluding steroid dienone is 1. The summed E-state index contributed by atoms with van der Waals surface area (Å²) in [5, 5.41) is 14.1. The van der Waals surface area contributed by atoms with Crippen molar-refractivity contribution in [2.75, 3.05) is 54.0 Å². The summed E-state index contributed by atoms with van der Waals surface area (Å²) < 4.78 is 76.7. The number of benzene rings is 3. The van der Waals surface area contributed by atoms with Crippen LogP contribution in [0.1, 0.15) is 63.1 Å². The summed E-state index contributed by atoms with van der Waals surface area (Å²) in [5.74, 6) is -2.19. The van der Waals surface area contributed by atoms with E-state index in [-0.39, 0.29) is 38.0 Å². The SMILES string of the molecule is C=C(NCC)C1(C(C)(F)F)CCN(CC(F)(F)F)CC1.COc1ccc(C2CCCN2C)c(OC)c1-c1cccc2c(CCC(=O)O)cccc12. The lowest BCUT2D eigenvalue weighted by Gasteiger charge is -2.46. The first-order chi connectivity index (χ1) is 24.1. The molecule has 2 saturated heterocycles. The molecule has 3 aromatic carbocycles. The molecule has 0 radical (unpaired) electrons. The highest BCUT2D eigenvalue weighted by Crippen LogP contribution is 2.50. The van der Waals surface area contributed by atoms with Gasteiger partial charge in [-0.15, -0.1) is 0 Å². The number of methoxy groups -OCH3 is 2. The first kappa shape index (κ1) is 39.9. The maximum Gasteiger partial charge on any atom is 0.401 e. The van der Waals surface area contributed by atoms with Gasteiger partial charge in [0.15, 0.2) is 0 Å². The van der Waals surface area contributed by atoms with Gasteiger partial charge in [-0.1, -0.05) is 49.0 Å². The average Bonchev–Trinajstić information content (AvgIpc) is 3.51. The molecule has 1 unspecified atom stereocenters. The van der Waals surface area contributed by atoms with E-state index in [0.717, 1.165) is 58.9 Å². The third kappa shape index (κ3) is 9.13. The van der Waals surface area contributed by atoms with Crippen molar-refractivity contribution in [1.82, 2.24) is 15.1 Å². The van der Waals surface area contributed by atoms with Gasteiger partial charge in [-0.2, -0.15) is 13.2 Å². The third-order valence-corrected chi connectivity index (χ3v) is 10.3. The summed E-state index contributed by atoms with van der Waals surface area (Å²) >= 11 is 0. The highest BCUT2D eigenvalue weighted by Gasteiger charge is 2.53. The predicted octanol–water partition coefficient (Wildman–Crippen LogP) is 8.72. The van der Waals surface area contributed by atoms with Gasteiger partial charge in [-0.3, -0.25) is 14.6 Å². The van der Waals surface area contributed by atoms with Crippen molar-refractivity contribution in [2.45, 2.75) is 70.5 Å². The molecule has 0 amide bonds. The van der Waals surface area contributed by atoms with Crippen molar-refractivity contribution >= 4 is 16.7 Å². The van der Waals surface area contributed by atoms with Crippen LogP contribution in [-0.4, -0.2) is 87.0 Å². The number of piperidine rings is 1. The topological polar surface area (TPSA) is 74.3 Å². The number of nitrogens with zero attached hydrogens (tertiary/aromatic N) is 2. The number of alkyl halides is 5. The van der Waals surface area contributed by atoms with Crippen LogP contribution in [0.25, 0.3) is 21.9 Å². The molecule has 0 aromatic heterocycles. The van der Waals surface area contributed by atoms with Crippen LogP contribution < -0.4 is 14.8 Å². The van der Waals surface area contributed by atoms with E-state index in [1.165, 1.54) is 16.9 Å². The normalized spacial score (nSPS) is 18.2. The molecule has 280 valence electrons. The number of halogens is 5. The van der Waals surface area contributed by atoms with E-state index in [1.807, 2.05) is 24.3 Å². The second-order valence-electron chi connectivity index (χ2n) is 13.5. The number of rotatable bonds is 12. The van der Waals surface area contributed by atoms with Crippen molar-refractivity contribution in [3.63, 3.8) is 0 Å². The van der Waals surface area contributed by atoms with E-state index in [9.17, 15) is 26.7 Å². The first-order valence-electron chi connectivity index (χ1n) is 17.3. The van der Waals surface area contributed by atoms with Crippen LogP contribution in [0.15, 0.2) is 60.8 Å². The molecule has 0 spiro atoms. The fourth-order valence-electron chi connectivity index (χ4n) is 7.58. The Kier molecular flexibility index (Phi) is 13.0. The van der Waals surface area contributed by atoms with Gasteiger partial charge in [-0.05, 0) is 93.7 Å². The van der Waals surface area contributed by atoms with Crippen molar-refractivity contribution in [3.05, 3.63) is 71.9 Å². The number of aliphatic carboxylic acids is 1. The highest BCUT2D eigenvalue weighted by molar-refractivity contribution is 6.01. The van der Waals surface area contributed by atoms with E-state index in [4.69, 9.17) is 14.6 Å². The number of fused-ring (bicyclic) bond motifs is 1. The average molecular weight is 720 g/mol. The summed E-state index contributed by atoms with van der Waals surface area (Å²) in [4.78, 5) is 14.7. The molecule has 0 aliphatic carbocycles. The number of hydrogen-bond acceptors (Lipinski definition) is 6. The standard InChI is InChI=1S/C26H29NO4.C13H21F5N2/c1-27-16-6-11-22(27)21-13-14-23(30-2)25(26(21)31-3)20-10-5-8-18-17(12-15-24(28)29)7-4-9-19(18)20;1-4-19-10(2)12(11(3,14)15)5-7-20(8-6-12)9-13(16,17)18/h4-5,7-10,13-14,22H,6,11-12,15-16H2,1-3H3,(H,28,29);19H,2,4-9H2,1,3H3. The fraction of sp³-hybridized carbons (Fsp3) is 0.513. The number of hydrogen-bond donors (Lipinski definition) is 2. The lowest BCUT2D eigenvalue weighted by atomic mass is 9.71. The highest BCUT2D eigenvalue weighted by atomic mass is 19.4. The van der Waals surface area contributed by atoms with E-state index >= 15 is 0 Å². The minimum Gasteiger partial charge on any atom is -0.496 e. The largest absolute Gasteiger partial charge is 0.496 e. The molecule has 2 aliphatic heterocycles. The van der Waals surface area contributed by atoms with Crippen molar-refractivity contribution in [1.29, 1.82) is 0 Å². The minimum absolute atomic E-state index is 0.00659. The summed E-state index contributed by atoms with van der Waals surface area (Å²) in [6.45, 7) is 6.74. The molecule has 0 saturated carbocycles. The maximum atomic E-state index is 14.0. The smallest absolute Gasteiger partial charge is 0.401 e. The fourth-order valence-corrected chi connectivity index (χ4v) is 7.58. The number of carboxylic acids is 1. The predicted molar refractivity (Wildman–Crippen MR) is 191 cm³/mol. The number of ether oxygens (including phenoxy) is 2. The van der Waals surface area contributed by atoms with Crippen LogP contribution in [0.2, 0.25) is 0 Å².